The van der Waals surface area contributed by atoms with Gasteiger partial charge in [0.25, 0.3) is 15.9 Å². The second kappa shape index (κ2) is 10.7. The minimum absolute atomic E-state index is 0.0318. The molecule has 7 rings (SSSR count). The number of likely N-dealkylation sites (N-methyl/N-ethyl adjacent to an activating group) is 1. The van der Waals surface area contributed by atoms with Gasteiger partial charge in [0.2, 0.25) is 5.91 Å². The van der Waals surface area contributed by atoms with Crippen molar-refractivity contribution in [1.29, 1.82) is 0 Å². The van der Waals surface area contributed by atoms with Crippen molar-refractivity contribution in [3.8, 4) is 22.8 Å². The van der Waals surface area contributed by atoms with Crippen molar-refractivity contribution in [3.63, 3.8) is 0 Å². The van der Waals surface area contributed by atoms with Crippen molar-refractivity contribution in [2.24, 2.45) is 5.92 Å². The minimum Gasteiger partial charge on any atom is -0.495 e. The van der Waals surface area contributed by atoms with E-state index in [4.69, 9.17) is 14.0 Å². The van der Waals surface area contributed by atoms with E-state index < -0.39 is 10.0 Å². The number of methoxy groups -OCH3 is 2. The van der Waals surface area contributed by atoms with Gasteiger partial charge in [-0.25, -0.2) is 8.42 Å². The molecular formula is C32H37N5O7S. The molecule has 12 nitrogen and oxygen atoms in total. The van der Waals surface area contributed by atoms with Crippen molar-refractivity contribution in [1.82, 2.24) is 15.0 Å². The van der Waals surface area contributed by atoms with Gasteiger partial charge < -0.3 is 28.7 Å². The van der Waals surface area contributed by atoms with Gasteiger partial charge in [-0.2, -0.15) is 0 Å². The number of hydrogen-bond donors (Lipinski definition) is 1. The number of aromatic nitrogens is 1. The van der Waals surface area contributed by atoms with Gasteiger partial charge in [-0.05, 0) is 55.5 Å². The Kier molecular flexibility index (Phi) is 6.99. The summed E-state index contributed by atoms with van der Waals surface area (Å²) in [6.45, 7) is 4.80. The lowest BCUT2D eigenvalue weighted by molar-refractivity contribution is -0.132. The quantitative estimate of drug-likeness (QED) is 0.414. The highest BCUT2D eigenvalue weighted by Gasteiger charge is 2.51. The van der Waals surface area contributed by atoms with Gasteiger partial charge in [0.15, 0.2) is 16.5 Å². The van der Waals surface area contributed by atoms with E-state index in [0.717, 1.165) is 42.7 Å². The van der Waals surface area contributed by atoms with E-state index in [0.29, 0.717) is 25.3 Å². The normalized spacial score (nSPS) is 20.2. The third-order valence-electron chi connectivity index (χ3n) is 9.69. The van der Waals surface area contributed by atoms with Gasteiger partial charge >= 0.3 is 0 Å². The van der Waals surface area contributed by atoms with Crippen LogP contribution in [0.15, 0.2) is 39.8 Å². The summed E-state index contributed by atoms with van der Waals surface area (Å²) in [5.74, 6) is -0.146. The molecule has 2 aliphatic carbocycles. The second-order valence-electron chi connectivity index (χ2n) is 12.6. The molecule has 2 aliphatic heterocycles. The number of nitrogens with one attached hydrogen (secondary N) is 1. The summed E-state index contributed by atoms with van der Waals surface area (Å²) in [4.78, 5) is 31.3. The first-order valence-electron chi connectivity index (χ1n) is 15.3. The summed E-state index contributed by atoms with van der Waals surface area (Å²) in [7, 11) is 0.0743. The molecule has 0 radical (unpaired) electrons. The first-order chi connectivity index (χ1) is 21.5. The first kappa shape index (κ1) is 29.5. The van der Waals surface area contributed by atoms with Crippen LogP contribution >= 0.6 is 0 Å². The number of sulfonamides is 1. The maximum absolute atomic E-state index is 14.0. The second-order valence-corrected chi connectivity index (χ2v) is 14.2. The molecule has 13 heteroatoms. The van der Waals surface area contributed by atoms with Crippen LogP contribution in [0.4, 0.5) is 11.5 Å². The van der Waals surface area contributed by atoms with Crippen LogP contribution in [0, 0.1) is 5.92 Å². The van der Waals surface area contributed by atoms with Gasteiger partial charge in [0.1, 0.15) is 11.5 Å². The largest absolute Gasteiger partial charge is 0.495 e. The molecule has 3 fully saturated rings. The summed E-state index contributed by atoms with van der Waals surface area (Å²) in [6, 6.07) is 9.28. The van der Waals surface area contributed by atoms with Crippen LogP contribution < -0.4 is 19.1 Å². The van der Waals surface area contributed by atoms with E-state index in [1.807, 2.05) is 0 Å². The Bertz CT molecular complexity index is 1790. The molecule has 45 heavy (non-hydrogen) atoms. The molecule has 2 amide bonds. The topological polar surface area (TPSA) is 135 Å². The Hall–Kier alpha value is -4.26. The predicted molar refractivity (Wildman–Crippen MR) is 166 cm³/mol. The fraction of sp³-hybridized carbons (Fsp3) is 0.469. The highest BCUT2D eigenvalue weighted by molar-refractivity contribution is 7.93. The summed E-state index contributed by atoms with van der Waals surface area (Å²) in [5, 5.41) is 4.20. The van der Waals surface area contributed by atoms with Gasteiger partial charge in [-0.3, -0.25) is 14.3 Å². The van der Waals surface area contributed by atoms with Gasteiger partial charge in [0.05, 0.1) is 20.1 Å². The summed E-state index contributed by atoms with van der Waals surface area (Å²) < 4.78 is 47.5. The Morgan fingerprint density at radius 2 is 1.78 bits per heavy atom. The van der Waals surface area contributed by atoms with Crippen molar-refractivity contribution < 1.29 is 32.0 Å². The molecule has 2 saturated heterocycles. The van der Waals surface area contributed by atoms with Crippen LogP contribution in [-0.4, -0.2) is 89.2 Å². The number of carbonyl (C=O) groups is 2. The molecule has 3 heterocycles. The van der Waals surface area contributed by atoms with Crippen molar-refractivity contribution in [2.45, 2.75) is 42.9 Å². The molecule has 4 aliphatic rings. The lowest BCUT2D eigenvalue weighted by Gasteiger charge is -2.34. The number of fused-ring (bicyclic) bond motifs is 4. The summed E-state index contributed by atoms with van der Waals surface area (Å²) >= 11 is 0. The number of amides is 2. The minimum atomic E-state index is -4.32. The van der Waals surface area contributed by atoms with Gasteiger partial charge in [-0.1, -0.05) is 18.1 Å². The molecule has 2 aromatic carbocycles. The monoisotopic (exact) mass is 635 g/mol. The molecule has 1 atom stereocenters. The first-order valence-corrected chi connectivity index (χ1v) is 16.7. The fourth-order valence-corrected chi connectivity index (χ4v) is 8.15. The molecule has 1 aromatic heterocycles. The highest BCUT2D eigenvalue weighted by atomic mass is 32.2. The molecule has 1 saturated carbocycles. The number of ether oxygens (including phenoxy) is 2. The lowest BCUT2D eigenvalue weighted by Crippen LogP contribution is -2.37. The van der Waals surface area contributed by atoms with E-state index in [2.05, 4.69) is 33.0 Å². The van der Waals surface area contributed by atoms with E-state index in [1.54, 1.807) is 23.8 Å². The van der Waals surface area contributed by atoms with Gasteiger partial charge in [-0.15, -0.1) is 0 Å². The van der Waals surface area contributed by atoms with Crippen molar-refractivity contribution >= 4 is 33.3 Å². The SMILES string of the molecule is COc1cc(C(=O)N2CCN(C)C(=O)[C@@H](C)C2)cc(OC)c1S(=O)(=O)Nc1noc2c1CC1(CC1)c1ccc(N3CCC3)cc1-2. The molecule has 0 bridgehead atoms. The van der Waals surface area contributed by atoms with Crippen molar-refractivity contribution in [3.05, 3.63) is 47.0 Å². The van der Waals surface area contributed by atoms with Crippen molar-refractivity contribution in [2.75, 3.05) is 63.6 Å². The predicted octanol–water partition coefficient (Wildman–Crippen LogP) is 3.51. The Morgan fingerprint density at radius 1 is 1.07 bits per heavy atom. The standard InChI is InChI=1S/C32H37N5O7S/c1-19-18-37(13-12-35(2)30(19)38)31(39)20-14-25(42-3)28(26(15-20)43-4)45(40,41)34-29-23-17-32(8-9-32)24-7-6-21(36-10-5-11-36)16-22(24)27(23)44-33-29/h6-7,14-16,19H,5,8-13,17-18H2,1-4H3,(H,33,34)/t19-/m0/s1. The van der Waals surface area contributed by atoms with Crippen LogP contribution in [0.3, 0.4) is 0 Å². The van der Waals surface area contributed by atoms with Crippen LogP contribution in [-0.2, 0) is 26.7 Å². The van der Waals surface area contributed by atoms with Crippen LogP contribution in [0.5, 0.6) is 11.5 Å². The Morgan fingerprint density at radius 3 is 2.40 bits per heavy atom. The maximum Gasteiger partial charge on any atom is 0.270 e. The summed E-state index contributed by atoms with van der Waals surface area (Å²) in [5.41, 5.74) is 4.18. The average molecular weight is 636 g/mol. The zero-order valence-electron chi connectivity index (χ0n) is 25.9. The molecule has 1 spiro atoms. The smallest absolute Gasteiger partial charge is 0.270 e. The number of hydrogen-bond acceptors (Lipinski definition) is 9. The zero-order valence-corrected chi connectivity index (χ0v) is 26.7. The third kappa shape index (κ3) is 4.88. The number of carbonyl (C=O) groups excluding carboxylic acids is 2. The Labute approximate surface area is 262 Å². The third-order valence-corrected chi connectivity index (χ3v) is 11.1. The zero-order chi connectivity index (χ0) is 31.7. The van der Waals surface area contributed by atoms with Gasteiger partial charge in [0, 0.05) is 67.6 Å². The molecule has 3 aromatic rings. The van der Waals surface area contributed by atoms with Crippen LogP contribution in [0.2, 0.25) is 0 Å². The summed E-state index contributed by atoms with van der Waals surface area (Å²) in [6.07, 6.45) is 3.81. The van der Waals surface area contributed by atoms with E-state index in [-0.39, 0.29) is 57.5 Å². The number of benzene rings is 2. The molecule has 1 N–H and O–H groups in total. The van der Waals surface area contributed by atoms with Crippen LogP contribution in [0.25, 0.3) is 11.3 Å². The van der Waals surface area contributed by atoms with E-state index in [1.165, 1.54) is 38.3 Å². The number of rotatable bonds is 7. The highest BCUT2D eigenvalue weighted by Crippen LogP contribution is 2.59. The molecule has 0 unspecified atom stereocenters. The fourth-order valence-electron chi connectivity index (χ4n) is 6.82. The lowest BCUT2D eigenvalue weighted by atomic mass is 9.79. The Balaban J connectivity index is 1.21. The average Bonchev–Trinajstić information content (AvgIpc) is 3.70. The maximum atomic E-state index is 14.0. The molecular weight excluding hydrogens is 598 g/mol. The number of nitrogens with zero attached hydrogens (tertiary/aromatic N) is 4. The van der Waals surface area contributed by atoms with E-state index in [9.17, 15) is 18.0 Å². The molecule has 238 valence electrons. The van der Waals surface area contributed by atoms with E-state index >= 15 is 0 Å². The van der Waals surface area contributed by atoms with Crippen LogP contribution in [0.1, 0.15) is 47.7 Å². The number of anilines is 2.